The van der Waals surface area contributed by atoms with E-state index in [1.165, 1.54) is 33.0 Å². The second-order valence-corrected chi connectivity index (χ2v) is 10.4. The molecule has 2 nitrogen and oxygen atoms in total. The van der Waals surface area contributed by atoms with Crippen molar-refractivity contribution in [1.82, 2.24) is 4.98 Å². The molecule has 1 heterocycles. The molecule has 0 N–H and O–H groups in total. The highest BCUT2D eigenvalue weighted by Gasteiger charge is 2.18. The number of hydrogen-bond acceptors (Lipinski definition) is 2. The second kappa shape index (κ2) is 8.70. The van der Waals surface area contributed by atoms with Gasteiger partial charge in [-0.05, 0) is 45.5 Å². The average molecular weight is 413 g/mol. The normalized spacial score (nSPS) is 11.9. The highest BCUT2D eigenvalue weighted by Crippen LogP contribution is 2.34. The lowest BCUT2D eigenvalue weighted by atomic mass is 9.83. The van der Waals surface area contributed by atoms with Crippen LogP contribution in [0, 0.1) is 0 Å². The van der Waals surface area contributed by atoms with Gasteiger partial charge in [-0.15, -0.1) is 0 Å². The summed E-state index contributed by atoms with van der Waals surface area (Å²) in [6.07, 6.45) is 1.89. The van der Waals surface area contributed by atoms with E-state index in [0.717, 1.165) is 5.52 Å². The summed E-state index contributed by atoms with van der Waals surface area (Å²) < 4.78 is 0. The number of pyridine rings is 1. The molecule has 4 aromatic rings. The minimum absolute atomic E-state index is 0.183. The Kier molecular flexibility index (Phi) is 6.40. The Morgan fingerprint density at radius 1 is 0.581 bits per heavy atom. The van der Waals surface area contributed by atoms with Crippen LogP contribution in [0.1, 0.15) is 52.7 Å². The van der Waals surface area contributed by atoms with E-state index in [4.69, 9.17) is 0 Å². The van der Waals surface area contributed by atoms with E-state index in [9.17, 15) is 0 Å². The van der Waals surface area contributed by atoms with Crippen molar-refractivity contribution >= 4 is 27.4 Å². The van der Waals surface area contributed by atoms with E-state index in [1.54, 1.807) is 0 Å². The molecule has 0 saturated carbocycles. The molecule has 0 aliphatic carbocycles. The van der Waals surface area contributed by atoms with Crippen molar-refractivity contribution in [3.63, 3.8) is 0 Å². The molecule has 0 atom stereocenters. The Morgan fingerprint density at radius 2 is 1.10 bits per heavy atom. The molecule has 0 radical (unpaired) electrons. The van der Waals surface area contributed by atoms with Crippen LogP contribution in [0.3, 0.4) is 0 Å². The number of aromatic nitrogens is 1. The van der Waals surface area contributed by atoms with Crippen LogP contribution in [0.15, 0.2) is 72.9 Å². The molecule has 31 heavy (non-hydrogen) atoms. The molecule has 0 aliphatic rings. The Balaban J connectivity index is 0.000000179. The van der Waals surface area contributed by atoms with Gasteiger partial charge in [0.25, 0.3) is 0 Å². The first-order chi connectivity index (χ1) is 14.5. The lowest BCUT2D eigenvalue weighted by Crippen LogP contribution is -2.14. The van der Waals surface area contributed by atoms with Crippen molar-refractivity contribution in [3.8, 4) is 0 Å². The van der Waals surface area contributed by atoms with E-state index in [-0.39, 0.29) is 10.8 Å². The molecule has 0 saturated heterocycles. The van der Waals surface area contributed by atoms with E-state index in [2.05, 4.69) is 126 Å². The fourth-order valence-electron chi connectivity index (χ4n) is 4.08. The second-order valence-electron chi connectivity index (χ2n) is 10.4. The molecule has 3 aromatic carbocycles. The van der Waals surface area contributed by atoms with Gasteiger partial charge in [-0.3, -0.25) is 4.98 Å². The number of anilines is 1. The van der Waals surface area contributed by atoms with Crippen molar-refractivity contribution in [3.05, 3.63) is 84.1 Å². The van der Waals surface area contributed by atoms with E-state index in [0.29, 0.717) is 0 Å². The van der Waals surface area contributed by atoms with Crippen LogP contribution < -0.4 is 4.90 Å². The van der Waals surface area contributed by atoms with Gasteiger partial charge in [0.05, 0.1) is 5.52 Å². The minimum atomic E-state index is 0.183. The molecule has 0 amide bonds. The van der Waals surface area contributed by atoms with Gasteiger partial charge in [-0.1, -0.05) is 90.1 Å². The van der Waals surface area contributed by atoms with Crippen LogP contribution >= 0.6 is 0 Å². The zero-order chi connectivity index (χ0) is 22.8. The SMILES string of the molecule is CC(C)(C)c1ccnc2ccccc12.CN(C)c1ccc(C(C)(C)C)c2ccccc12. The highest BCUT2D eigenvalue weighted by molar-refractivity contribution is 5.97. The zero-order valence-electron chi connectivity index (χ0n) is 20.3. The topological polar surface area (TPSA) is 16.1 Å². The maximum absolute atomic E-state index is 4.36. The standard InChI is InChI=1S/C16H21N.C13H15N/c1-16(2,3)14-10-11-15(17(4)5)13-9-7-6-8-12(13)14;1-13(2,3)11-8-9-14-12-7-5-4-6-10(11)12/h6-11H,1-5H3;4-9H,1-3H3. The van der Waals surface area contributed by atoms with Crippen LogP contribution in [0.4, 0.5) is 5.69 Å². The summed E-state index contributed by atoms with van der Waals surface area (Å²) in [5.41, 5.74) is 5.52. The monoisotopic (exact) mass is 412 g/mol. The summed E-state index contributed by atoms with van der Waals surface area (Å²) in [6, 6.07) is 23.6. The van der Waals surface area contributed by atoms with Crippen LogP contribution in [0.25, 0.3) is 21.7 Å². The molecule has 162 valence electrons. The Labute approximate surface area is 187 Å². The lowest BCUT2D eigenvalue weighted by molar-refractivity contribution is 0.595. The number of nitrogens with zero attached hydrogens (tertiary/aromatic N) is 2. The van der Waals surface area contributed by atoms with Crippen LogP contribution in [-0.4, -0.2) is 19.1 Å². The van der Waals surface area contributed by atoms with Crippen molar-refractivity contribution < 1.29 is 0 Å². The van der Waals surface area contributed by atoms with Crippen molar-refractivity contribution in [2.24, 2.45) is 0 Å². The zero-order valence-corrected chi connectivity index (χ0v) is 20.3. The average Bonchev–Trinajstić information content (AvgIpc) is 2.71. The van der Waals surface area contributed by atoms with Gasteiger partial charge >= 0.3 is 0 Å². The van der Waals surface area contributed by atoms with Crippen LogP contribution in [0.2, 0.25) is 0 Å². The quantitative estimate of drug-likeness (QED) is 0.318. The van der Waals surface area contributed by atoms with Gasteiger partial charge in [0, 0.05) is 36.8 Å². The molecule has 0 fully saturated rings. The van der Waals surface area contributed by atoms with Gasteiger partial charge in [0.2, 0.25) is 0 Å². The third-order valence-electron chi connectivity index (χ3n) is 5.65. The number of fused-ring (bicyclic) bond motifs is 2. The van der Waals surface area contributed by atoms with E-state index < -0.39 is 0 Å². The molecule has 0 aliphatic heterocycles. The Bertz CT molecular complexity index is 1170. The maximum atomic E-state index is 4.36. The van der Waals surface area contributed by atoms with Crippen molar-refractivity contribution in [1.29, 1.82) is 0 Å². The molecule has 1 aromatic heterocycles. The molecular weight excluding hydrogens is 376 g/mol. The first-order valence-electron chi connectivity index (χ1n) is 11.0. The Morgan fingerprint density at radius 3 is 1.68 bits per heavy atom. The molecule has 0 unspecified atom stereocenters. The molecule has 0 spiro atoms. The largest absolute Gasteiger partial charge is 0.377 e. The molecule has 2 heteroatoms. The fraction of sp³-hybridized carbons (Fsp3) is 0.345. The molecular formula is C29H36N2. The first kappa shape index (κ1) is 22.8. The maximum Gasteiger partial charge on any atom is 0.0704 e. The smallest absolute Gasteiger partial charge is 0.0704 e. The molecule has 4 rings (SSSR count). The number of benzene rings is 3. The van der Waals surface area contributed by atoms with Gasteiger partial charge < -0.3 is 4.90 Å². The summed E-state index contributed by atoms with van der Waals surface area (Å²) in [6.45, 7) is 13.5. The summed E-state index contributed by atoms with van der Waals surface area (Å²) in [5, 5.41) is 3.97. The highest BCUT2D eigenvalue weighted by atomic mass is 15.1. The van der Waals surface area contributed by atoms with Crippen molar-refractivity contribution in [2.75, 3.05) is 19.0 Å². The van der Waals surface area contributed by atoms with Crippen LogP contribution in [0.5, 0.6) is 0 Å². The third kappa shape index (κ3) is 5.07. The van der Waals surface area contributed by atoms with E-state index >= 15 is 0 Å². The van der Waals surface area contributed by atoms with Gasteiger partial charge in [-0.25, -0.2) is 0 Å². The predicted molar refractivity (Wildman–Crippen MR) is 137 cm³/mol. The van der Waals surface area contributed by atoms with Crippen LogP contribution in [-0.2, 0) is 10.8 Å². The summed E-state index contributed by atoms with van der Waals surface area (Å²) in [4.78, 5) is 6.53. The first-order valence-corrected chi connectivity index (χ1v) is 11.0. The van der Waals surface area contributed by atoms with E-state index in [1.807, 2.05) is 12.3 Å². The number of hydrogen-bond donors (Lipinski definition) is 0. The molecule has 0 bridgehead atoms. The van der Waals surface area contributed by atoms with Gasteiger partial charge in [-0.2, -0.15) is 0 Å². The number of rotatable bonds is 1. The lowest BCUT2D eigenvalue weighted by Gasteiger charge is -2.24. The van der Waals surface area contributed by atoms with Gasteiger partial charge in [0.15, 0.2) is 0 Å². The minimum Gasteiger partial charge on any atom is -0.377 e. The third-order valence-corrected chi connectivity index (χ3v) is 5.65. The number of para-hydroxylation sites is 1. The fourth-order valence-corrected chi connectivity index (χ4v) is 4.08. The van der Waals surface area contributed by atoms with Gasteiger partial charge in [0.1, 0.15) is 0 Å². The summed E-state index contributed by atoms with van der Waals surface area (Å²) >= 11 is 0. The van der Waals surface area contributed by atoms with Crippen molar-refractivity contribution in [2.45, 2.75) is 52.4 Å². The Hall–Kier alpha value is -2.87. The summed E-state index contributed by atoms with van der Waals surface area (Å²) in [5.74, 6) is 0. The predicted octanol–water partition coefficient (Wildman–Crippen LogP) is 7.74. The summed E-state index contributed by atoms with van der Waals surface area (Å²) in [7, 11) is 4.19.